The summed E-state index contributed by atoms with van der Waals surface area (Å²) < 4.78 is 18.0. The monoisotopic (exact) mass is 345 g/mol. The Labute approximate surface area is 144 Å². The van der Waals surface area contributed by atoms with Crippen molar-refractivity contribution in [3.63, 3.8) is 0 Å². The zero-order valence-corrected chi connectivity index (χ0v) is 13.9. The number of ether oxygens (including phenoxy) is 3. The number of aromatic nitrogens is 4. The van der Waals surface area contributed by atoms with Crippen LogP contribution in [0.1, 0.15) is 23.3 Å². The number of methoxy groups -OCH3 is 1. The molecule has 0 saturated carbocycles. The number of hydrogen-bond acceptors (Lipinski definition) is 7. The summed E-state index contributed by atoms with van der Waals surface area (Å²) in [6.07, 6.45) is 1.54. The van der Waals surface area contributed by atoms with E-state index in [2.05, 4.69) is 15.3 Å². The third-order valence-electron chi connectivity index (χ3n) is 4.27. The van der Waals surface area contributed by atoms with E-state index in [1.54, 1.807) is 27.8 Å². The summed E-state index contributed by atoms with van der Waals surface area (Å²) in [6.45, 7) is 2.57. The standard InChI is InChI=1S/C16H19N5O4/c1-23-13-3-4-14(18-17-13)25-11-5-7-20(10-11)16(22)12-9-15-21(19-12)6-2-8-24-15/h3-4,9,11H,2,5-8,10H2,1H3. The summed E-state index contributed by atoms with van der Waals surface area (Å²) in [5.74, 6) is 1.42. The predicted octanol–water partition coefficient (Wildman–Crippen LogP) is 0.758. The van der Waals surface area contributed by atoms with Crippen molar-refractivity contribution in [2.45, 2.75) is 25.5 Å². The number of likely N-dealkylation sites (tertiary alicyclic amines) is 1. The first-order chi connectivity index (χ1) is 12.2. The van der Waals surface area contributed by atoms with E-state index in [1.807, 2.05) is 0 Å². The highest BCUT2D eigenvalue weighted by Gasteiger charge is 2.30. The molecule has 2 aromatic heterocycles. The highest BCUT2D eigenvalue weighted by atomic mass is 16.5. The van der Waals surface area contributed by atoms with Crippen molar-refractivity contribution in [2.24, 2.45) is 0 Å². The lowest BCUT2D eigenvalue weighted by atomic mass is 10.3. The van der Waals surface area contributed by atoms with Gasteiger partial charge in [-0.05, 0) is 0 Å². The molecular formula is C16H19N5O4. The molecule has 0 aromatic carbocycles. The Kier molecular flexibility index (Phi) is 4.12. The van der Waals surface area contributed by atoms with Crippen molar-refractivity contribution in [1.82, 2.24) is 24.9 Å². The molecule has 0 radical (unpaired) electrons. The van der Waals surface area contributed by atoms with Crippen LogP contribution in [0, 0.1) is 0 Å². The van der Waals surface area contributed by atoms with Crippen LogP contribution in [0.3, 0.4) is 0 Å². The van der Waals surface area contributed by atoms with E-state index >= 15 is 0 Å². The van der Waals surface area contributed by atoms with E-state index in [9.17, 15) is 4.79 Å². The van der Waals surface area contributed by atoms with E-state index in [0.717, 1.165) is 19.4 Å². The fraction of sp³-hybridized carbons (Fsp3) is 0.500. The van der Waals surface area contributed by atoms with Crippen LogP contribution in [0.2, 0.25) is 0 Å². The van der Waals surface area contributed by atoms with Gasteiger partial charge < -0.3 is 19.1 Å². The van der Waals surface area contributed by atoms with Gasteiger partial charge in [-0.25, -0.2) is 4.68 Å². The van der Waals surface area contributed by atoms with Crippen molar-refractivity contribution in [3.05, 3.63) is 23.9 Å². The minimum absolute atomic E-state index is 0.0996. The van der Waals surface area contributed by atoms with Crippen LogP contribution in [0.25, 0.3) is 0 Å². The molecule has 0 bridgehead atoms. The van der Waals surface area contributed by atoms with Crippen LogP contribution < -0.4 is 14.2 Å². The number of aryl methyl sites for hydroxylation is 1. The Morgan fingerprint density at radius 2 is 2.12 bits per heavy atom. The Bertz CT molecular complexity index is 737. The number of nitrogens with zero attached hydrogens (tertiary/aromatic N) is 5. The normalized spacial score (nSPS) is 19.2. The van der Waals surface area contributed by atoms with Gasteiger partial charge in [0, 0.05) is 44.1 Å². The number of fused-ring (bicyclic) bond motifs is 1. The molecule has 25 heavy (non-hydrogen) atoms. The molecule has 0 aliphatic carbocycles. The highest BCUT2D eigenvalue weighted by molar-refractivity contribution is 5.92. The predicted molar refractivity (Wildman–Crippen MR) is 85.9 cm³/mol. The van der Waals surface area contributed by atoms with E-state index in [4.69, 9.17) is 14.2 Å². The summed E-state index contributed by atoms with van der Waals surface area (Å²) >= 11 is 0. The summed E-state index contributed by atoms with van der Waals surface area (Å²) in [7, 11) is 1.53. The molecule has 1 saturated heterocycles. The van der Waals surface area contributed by atoms with Crippen molar-refractivity contribution >= 4 is 5.91 Å². The maximum absolute atomic E-state index is 12.6. The van der Waals surface area contributed by atoms with Crippen LogP contribution in [0.4, 0.5) is 0 Å². The van der Waals surface area contributed by atoms with Gasteiger partial charge in [-0.1, -0.05) is 0 Å². The number of carbonyl (C=O) groups is 1. The topological polar surface area (TPSA) is 91.6 Å². The zero-order valence-electron chi connectivity index (χ0n) is 13.9. The highest BCUT2D eigenvalue weighted by Crippen LogP contribution is 2.22. The fourth-order valence-corrected chi connectivity index (χ4v) is 2.99. The SMILES string of the molecule is COc1ccc(OC2CCN(C(=O)c3cc4n(n3)CCCO4)C2)nn1. The maximum atomic E-state index is 12.6. The van der Waals surface area contributed by atoms with E-state index < -0.39 is 0 Å². The van der Waals surface area contributed by atoms with Gasteiger partial charge in [-0.2, -0.15) is 5.10 Å². The second-order valence-electron chi connectivity index (χ2n) is 5.99. The zero-order chi connectivity index (χ0) is 17.2. The number of hydrogen-bond donors (Lipinski definition) is 0. The van der Waals surface area contributed by atoms with Crippen molar-refractivity contribution in [3.8, 4) is 17.6 Å². The molecule has 132 valence electrons. The maximum Gasteiger partial charge on any atom is 0.274 e. The van der Waals surface area contributed by atoms with Crippen LogP contribution in [-0.4, -0.2) is 63.7 Å². The smallest absolute Gasteiger partial charge is 0.274 e. The number of carbonyl (C=O) groups excluding carboxylic acids is 1. The first-order valence-corrected chi connectivity index (χ1v) is 8.27. The summed E-state index contributed by atoms with van der Waals surface area (Å²) in [6, 6.07) is 5.11. The molecule has 0 spiro atoms. The van der Waals surface area contributed by atoms with Gasteiger partial charge in [0.2, 0.25) is 17.6 Å². The van der Waals surface area contributed by atoms with Crippen LogP contribution in [0.5, 0.6) is 17.6 Å². The molecule has 9 heteroatoms. The van der Waals surface area contributed by atoms with Crippen molar-refractivity contribution in [2.75, 3.05) is 26.8 Å². The van der Waals surface area contributed by atoms with Crippen molar-refractivity contribution in [1.29, 1.82) is 0 Å². The molecule has 1 amide bonds. The molecule has 9 nitrogen and oxygen atoms in total. The van der Waals surface area contributed by atoms with Crippen LogP contribution in [-0.2, 0) is 6.54 Å². The third-order valence-corrected chi connectivity index (χ3v) is 4.27. The molecule has 4 heterocycles. The van der Waals surface area contributed by atoms with Gasteiger partial charge in [-0.3, -0.25) is 4.79 Å². The summed E-state index contributed by atoms with van der Waals surface area (Å²) in [5, 5.41) is 12.2. The van der Waals surface area contributed by atoms with E-state index in [-0.39, 0.29) is 12.0 Å². The van der Waals surface area contributed by atoms with Crippen molar-refractivity contribution < 1.29 is 19.0 Å². The lowest BCUT2D eigenvalue weighted by molar-refractivity contribution is 0.0764. The van der Waals surface area contributed by atoms with Gasteiger partial charge in [0.25, 0.3) is 5.91 Å². The molecule has 0 N–H and O–H groups in total. The van der Waals surface area contributed by atoms with Gasteiger partial charge in [-0.15, -0.1) is 10.2 Å². The summed E-state index contributed by atoms with van der Waals surface area (Å²) in [4.78, 5) is 14.4. The largest absolute Gasteiger partial charge is 0.480 e. The Hall–Kier alpha value is -2.84. The second kappa shape index (κ2) is 6.58. The Morgan fingerprint density at radius 3 is 2.88 bits per heavy atom. The molecule has 4 rings (SSSR count). The lowest BCUT2D eigenvalue weighted by Gasteiger charge is -2.15. The summed E-state index contributed by atoms with van der Waals surface area (Å²) in [5.41, 5.74) is 0.418. The fourth-order valence-electron chi connectivity index (χ4n) is 2.99. The van der Waals surface area contributed by atoms with Gasteiger partial charge in [0.05, 0.1) is 20.3 Å². The molecule has 1 unspecified atom stereocenters. The molecule has 2 aromatic rings. The molecule has 2 aliphatic heterocycles. The molecule has 1 fully saturated rings. The minimum Gasteiger partial charge on any atom is -0.480 e. The van der Waals surface area contributed by atoms with E-state index in [0.29, 0.717) is 43.0 Å². The van der Waals surface area contributed by atoms with Gasteiger partial charge in [0.1, 0.15) is 6.10 Å². The average Bonchev–Trinajstić information content (AvgIpc) is 3.28. The molecule has 1 atom stereocenters. The Balaban J connectivity index is 1.38. The van der Waals surface area contributed by atoms with Crippen LogP contribution in [0.15, 0.2) is 18.2 Å². The van der Waals surface area contributed by atoms with E-state index in [1.165, 1.54) is 7.11 Å². The number of amides is 1. The quantitative estimate of drug-likeness (QED) is 0.808. The third kappa shape index (κ3) is 3.21. The molecular weight excluding hydrogens is 326 g/mol. The van der Waals surface area contributed by atoms with Gasteiger partial charge >= 0.3 is 0 Å². The first-order valence-electron chi connectivity index (χ1n) is 8.27. The molecule has 2 aliphatic rings. The Morgan fingerprint density at radius 1 is 1.28 bits per heavy atom. The second-order valence-corrected chi connectivity index (χ2v) is 5.99. The minimum atomic E-state index is -0.111. The average molecular weight is 345 g/mol. The van der Waals surface area contributed by atoms with Crippen LogP contribution >= 0.6 is 0 Å². The lowest BCUT2D eigenvalue weighted by Crippen LogP contribution is -2.31. The first kappa shape index (κ1) is 15.7. The van der Waals surface area contributed by atoms with Gasteiger partial charge in [0.15, 0.2) is 5.69 Å². The number of rotatable bonds is 4.